The van der Waals surface area contributed by atoms with E-state index in [0.29, 0.717) is 32.2 Å². The van der Waals surface area contributed by atoms with E-state index in [1.165, 1.54) is 12.8 Å². The van der Waals surface area contributed by atoms with Crippen LogP contribution in [0.25, 0.3) is 0 Å². The molecule has 0 amide bonds. The molecule has 1 aliphatic carbocycles. The summed E-state index contributed by atoms with van der Waals surface area (Å²) in [7, 11) is 1.65. The van der Waals surface area contributed by atoms with Gasteiger partial charge in [-0.05, 0) is 12.8 Å². The van der Waals surface area contributed by atoms with Gasteiger partial charge in [0.15, 0.2) is 0 Å². The van der Waals surface area contributed by atoms with Crippen LogP contribution in [-0.2, 0) is 22.5 Å². The largest absolute Gasteiger partial charge is 0.392 e. The summed E-state index contributed by atoms with van der Waals surface area (Å²) in [5.74, 6) is 1.33. The van der Waals surface area contributed by atoms with Gasteiger partial charge < -0.3 is 14.6 Å². The highest BCUT2D eigenvalue weighted by Gasteiger charge is 2.27. The summed E-state index contributed by atoms with van der Waals surface area (Å²) in [6, 6.07) is 0. The molecule has 1 aliphatic rings. The Morgan fingerprint density at radius 2 is 2.17 bits per heavy atom. The summed E-state index contributed by atoms with van der Waals surface area (Å²) in [5.41, 5.74) is 1.89. The van der Waals surface area contributed by atoms with Crippen LogP contribution >= 0.6 is 0 Å². The highest BCUT2D eigenvalue weighted by Crippen LogP contribution is 2.40. The Bertz CT molecular complexity index is 380. The van der Waals surface area contributed by atoms with Crippen LogP contribution in [0.4, 0.5) is 0 Å². The molecule has 0 saturated heterocycles. The molecule has 0 aliphatic heterocycles. The zero-order valence-electron chi connectivity index (χ0n) is 10.8. The van der Waals surface area contributed by atoms with Crippen LogP contribution in [0.2, 0.25) is 0 Å². The molecular formula is C13H20N2O3. The molecule has 0 unspecified atom stereocenters. The van der Waals surface area contributed by atoms with Crippen molar-refractivity contribution in [3.8, 4) is 0 Å². The van der Waals surface area contributed by atoms with Gasteiger partial charge in [0, 0.05) is 31.2 Å². The van der Waals surface area contributed by atoms with Gasteiger partial charge in [0.25, 0.3) is 0 Å². The van der Waals surface area contributed by atoms with Gasteiger partial charge in [-0.25, -0.2) is 9.97 Å². The Labute approximate surface area is 107 Å². The fourth-order valence-corrected chi connectivity index (χ4v) is 1.82. The molecule has 1 saturated carbocycles. The molecule has 0 atom stereocenters. The number of ether oxygens (including phenoxy) is 2. The van der Waals surface area contributed by atoms with Crippen LogP contribution in [0.3, 0.4) is 0 Å². The first-order valence-electron chi connectivity index (χ1n) is 6.37. The predicted molar refractivity (Wildman–Crippen MR) is 66.3 cm³/mol. The molecule has 0 spiro atoms. The maximum atomic E-state index is 9.24. The molecule has 5 heteroatoms. The molecule has 5 nitrogen and oxygen atoms in total. The van der Waals surface area contributed by atoms with Gasteiger partial charge in [0.2, 0.25) is 0 Å². The maximum absolute atomic E-state index is 9.24. The summed E-state index contributed by atoms with van der Waals surface area (Å²) < 4.78 is 10.3. The van der Waals surface area contributed by atoms with Crippen LogP contribution in [0, 0.1) is 0 Å². The van der Waals surface area contributed by atoms with Crippen molar-refractivity contribution in [1.82, 2.24) is 9.97 Å². The predicted octanol–water partition coefficient (Wildman–Crippen LogP) is 1.05. The first-order chi connectivity index (χ1) is 8.85. The van der Waals surface area contributed by atoms with Crippen molar-refractivity contribution in [3.63, 3.8) is 0 Å². The van der Waals surface area contributed by atoms with E-state index in [9.17, 15) is 5.11 Å². The minimum Gasteiger partial charge on any atom is -0.392 e. The smallest absolute Gasteiger partial charge is 0.130 e. The summed E-state index contributed by atoms with van der Waals surface area (Å²) in [6.07, 6.45) is 4.79. The van der Waals surface area contributed by atoms with Crippen molar-refractivity contribution >= 4 is 0 Å². The molecule has 1 aromatic heterocycles. The number of aliphatic hydroxyl groups excluding tert-OH is 1. The number of hydrogen-bond donors (Lipinski definition) is 1. The van der Waals surface area contributed by atoms with Crippen LogP contribution < -0.4 is 0 Å². The van der Waals surface area contributed by atoms with E-state index < -0.39 is 0 Å². The van der Waals surface area contributed by atoms with Crippen LogP contribution in [0.15, 0.2) is 6.20 Å². The maximum Gasteiger partial charge on any atom is 0.130 e. The van der Waals surface area contributed by atoms with E-state index in [1.54, 1.807) is 13.3 Å². The molecule has 1 N–H and O–H groups in total. The van der Waals surface area contributed by atoms with Crippen LogP contribution in [0.5, 0.6) is 0 Å². The van der Waals surface area contributed by atoms with Crippen molar-refractivity contribution in [2.45, 2.75) is 31.8 Å². The molecule has 1 aromatic rings. The zero-order chi connectivity index (χ0) is 12.8. The molecule has 0 radical (unpaired) electrons. The molecule has 0 bridgehead atoms. The number of methoxy groups -OCH3 is 1. The monoisotopic (exact) mass is 252 g/mol. The average Bonchev–Trinajstić information content (AvgIpc) is 3.22. The van der Waals surface area contributed by atoms with E-state index in [2.05, 4.69) is 9.97 Å². The lowest BCUT2D eigenvalue weighted by Gasteiger charge is -2.08. The normalized spacial score (nSPS) is 15.0. The van der Waals surface area contributed by atoms with Crippen molar-refractivity contribution in [1.29, 1.82) is 0 Å². The molecule has 2 rings (SSSR count). The zero-order valence-corrected chi connectivity index (χ0v) is 10.8. The van der Waals surface area contributed by atoms with Crippen molar-refractivity contribution in [2.75, 3.05) is 26.9 Å². The Hall–Kier alpha value is -1.04. The van der Waals surface area contributed by atoms with Crippen molar-refractivity contribution < 1.29 is 14.6 Å². The third kappa shape index (κ3) is 3.73. The van der Waals surface area contributed by atoms with Gasteiger partial charge >= 0.3 is 0 Å². The number of rotatable bonds is 8. The van der Waals surface area contributed by atoms with Crippen molar-refractivity contribution in [2.24, 2.45) is 0 Å². The summed E-state index contributed by atoms with van der Waals surface area (Å²) in [6.45, 7) is 1.83. The number of hydrogen-bond acceptors (Lipinski definition) is 5. The van der Waals surface area contributed by atoms with E-state index in [1.807, 2.05) is 0 Å². The SMILES string of the molecule is COCCOCCc1ncc(CO)c(C2CC2)n1. The van der Waals surface area contributed by atoms with Crippen molar-refractivity contribution in [3.05, 3.63) is 23.3 Å². The average molecular weight is 252 g/mol. The number of aromatic nitrogens is 2. The highest BCUT2D eigenvalue weighted by molar-refractivity contribution is 5.24. The standard InChI is InChI=1S/C13H20N2O3/c1-17-6-7-18-5-4-12-14-8-11(9-16)13(15-12)10-2-3-10/h8,10,16H,2-7,9H2,1H3. The van der Waals surface area contributed by atoms with E-state index in [0.717, 1.165) is 17.1 Å². The summed E-state index contributed by atoms with van der Waals surface area (Å²) in [5, 5.41) is 9.24. The summed E-state index contributed by atoms with van der Waals surface area (Å²) in [4.78, 5) is 8.80. The van der Waals surface area contributed by atoms with E-state index in [-0.39, 0.29) is 6.61 Å². The molecule has 100 valence electrons. The lowest BCUT2D eigenvalue weighted by molar-refractivity contribution is 0.0716. The van der Waals surface area contributed by atoms with Crippen LogP contribution in [-0.4, -0.2) is 42.0 Å². The molecule has 0 aromatic carbocycles. The second kappa shape index (κ2) is 6.78. The first-order valence-corrected chi connectivity index (χ1v) is 6.37. The Balaban J connectivity index is 1.86. The second-order valence-corrected chi connectivity index (χ2v) is 4.48. The van der Waals surface area contributed by atoms with Crippen LogP contribution in [0.1, 0.15) is 35.8 Å². The lowest BCUT2D eigenvalue weighted by atomic mass is 10.1. The number of aliphatic hydroxyl groups is 1. The third-order valence-corrected chi connectivity index (χ3v) is 2.98. The minimum absolute atomic E-state index is 0.0243. The number of nitrogens with zero attached hydrogens (tertiary/aromatic N) is 2. The topological polar surface area (TPSA) is 64.5 Å². The second-order valence-electron chi connectivity index (χ2n) is 4.48. The fourth-order valence-electron chi connectivity index (χ4n) is 1.82. The molecule has 1 fully saturated rings. The Morgan fingerprint density at radius 1 is 1.33 bits per heavy atom. The van der Waals surface area contributed by atoms with Gasteiger partial charge in [-0.2, -0.15) is 0 Å². The quantitative estimate of drug-likeness (QED) is 0.701. The summed E-state index contributed by atoms with van der Waals surface area (Å²) >= 11 is 0. The Kier molecular flexibility index (Phi) is 5.04. The fraction of sp³-hybridized carbons (Fsp3) is 0.692. The third-order valence-electron chi connectivity index (χ3n) is 2.98. The molecular weight excluding hydrogens is 232 g/mol. The van der Waals surface area contributed by atoms with Gasteiger partial charge in [-0.3, -0.25) is 0 Å². The van der Waals surface area contributed by atoms with E-state index in [4.69, 9.17) is 9.47 Å². The van der Waals surface area contributed by atoms with Gasteiger partial charge in [-0.15, -0.1) is 0 Å². The first kappa shape index (κ1) is 13.4. The minimum atomic E-state index is 0.0243. The lowest BCUT2D eigenvalue weighted by Crippen LogP contribution is -2.09. The highest BCUT2D eigenvalue weighted by atomic mass is 16.5. The van der Waals surface area contributed by atoms with Gasteiger partial charge in [0.05, 0.1) is 32.1 Å². The van der Waals surface area contributed by atoms with Gasteiger partial charge in [-0.1, -0.05) is 0 Å². The van der Waals surface area contributed by atoms with E-state index >= 15 is 0 Å². The molecule has 18 heavy (non-hydrogen) atoms. The molecule has 1 heterocycles. The van der Waals surface area contributed by atoms with Gasteiger partial charge in [0.1, 0.15) is 5.82 Å². The Morgan fingerprint density at radius 3 is 2.83 bits per heavy atom.